The van der Waals surface area contributed by atoms with Gasteiger partial charge >= 0.3 is 7.12 Å². The summed E-state index contributed by atoms with van der Waals surface area (Å²) in [5.74, 6) is 0.0405. The van der Waals surface area contributed by atoms with Gasteiger partial charge in [0, 0.05) is 12.1 Å². The van der Waals surface area contributed by atoms with Gasteiger partial charge in [-0.25, -0.2) is 9.37 Å². The average molecular weight is 277 g/mol. The average Bonchev–Trinajstić information content (AvgIpc) is 2.44. The Morgan fingerprint density at radius 3 is 2.75 bits per heavy atom. The molecule has 0 aliphatic heterocycles. The van der Waals surface area contributed by atoms with Crippen molar-refractivity contribution in [3.63, 3.8) is 0 Å². The fraction of sp³-hybridized carbons (Fsp3) is 0.154. The second-order valence-electron chi connectivity index (χ2n) is 4.05. The molecule has 5 nitrogen and oxygen atoms in total. The zero-order valence-electron chi connectivity index (χ0n) is 10.8. The molecule has 1 heterocycles. The Bertz CT molecular complexity index is 594. The number of rotatable bonds is 5. The normalized spacial score (nSPS) is 10.2. The maximum Gasteiger partial charge on any atom is 0.488 e. The molecule has 0 amide bonds. The first-order chi connectivity index (χ1) is 9.58. The van der Waals surface area contributed by atoms with Crippen molar-refractivity contribution < 1.29 is 23.9 Å². The molecule has 0 saturated heterocycles. The molecule has 0 saturated carbocycles. The van der Waals surface area contributed by atoms with Gasteiger partial charge in [-0.3, -0.25) is 0 Å². The topological polar surface area (TPSA) is 71.8 Å². The zero-order valence-corrected chi connectivity index (χ0v) is 10.8. The molecule has 0 aliphatic rings. The third kappa shape index (κ3) is 3.69. The van der Waals surface area contributed by atoms with Gasteiger partial charge < -0.3 is 19.5 Å². The molecular formula is C13H13BFNO4. The van der Waals surface area contributed by atoms with Crippen molar-refractivity contribution in [3.05, 3.63) is 47.9 Å². The Labute approximate surface area is 115 Å². The first kappa shape index (κ1) is 14.3. The summed E-state index contributed by atoms with van der Waals surface area (Å²) in [6.45, 7) is 0.113. The van der Waals surface area contributed by atoms with Crippen LogP contribution in [0, 0.1) is 5.82 Å². The molecule has 0 unspecified atom stereocenters. The van der Waals surface area contributed by atoms with E-state index in [1.165, 1.54) is 13.2 Å². The van der Waals surface area contributed by atoms with Crippen LogP contribution in [0.2, 0.25) is 0 Å². The van der Waals surface area contributed by atoms with Crippen LogP contribution in [0.3, 0.4) is 0 Å². The summed E-state index contributed by atoms with van der Waals surface area (Å²) in [6.07, 6.45) is 0. The van der Waals surface area contributed by atoms with Crippen molar-refractivity contribution in [2.45, 2.75) is 6.61 Å². The van der Waals surface area contributed by atoms with Crippen molar-refractivity contribution in [1.29, 1.82) is 0 Å². The maximum absolute atomic E-state index is 13.3. The number of hydrogen-bond donors (Lipinski definition) is 2. The Morgan fingerprint density at radius 1 is 1.25 bits per heavy atom. The minimum atomic E-state index is -1.75. The number of aromatic nitrogens is 1. The monoisotopic (exact) mass is 277 g/mol. The first-order valence-corrected chi connectivity index (χ1v) is 5.88. The summed E-state index contributed by atoms with van der Waals surface area (Å²) in [4.78, 5) is 4.15. The van der Waals surface area contributed by atoms with Gasteiger partial charge in [0.1, 0.15) is 18.2 Å². The smallest absolute Gasteiger partial charge is 0.487 e. The van der Waals surface area contributed by atoms with Gasteiger partial charge in [0.25, 0.3) is 0 Å². The molecule has 1 aromatic carbocycles. The molecule has 2 N–H and O–H groups in total. The molecule has 7 heteroatoms. The first-order valence-electron chi connectivity index (χ1n) is 5.88. The summed E-state index contributed by atoms with van der Waals surface area (Å²) >= 11 is 0. The molecule has 0 spiro atoms. The maximum atomic E-state index is 13.3. The number of pyridine rings is 1. The molecule has 0 fully saturated rings. The zero-order chi connectivity index (χ0) is 14.5. The predicted octanol–water partition coefficient (Wildman–Crippen LogP) is 0.488. The Hall–Kier alpha value is -2.12. The highest BCUT2D eigenvalue weighted by Gasteiger charge is 2.13. The van der Waals surface area contributed by atoms with Crippen molar-refractivity contribution in [2.24, 2.45) is 0 Å². The summed E-state index contributed by atoms with van der Waals surface area (Å²) in [5.41, 5.74) is 0.637. The van der Waals surface area contributed by atoms with E-state index in [4.69, 9.17) is 19.5 Å². The number of benzene rings is 1. The molecule has 0 bridgehead atoms. The third-order valence-electron chi connectivity index (χ3n) is 2.57. The molecule has 0 atom stereocenters. The van der Waals surface area contributed by atoms with Crippen molar-refractivity contribution in [1.82, 2.24) is 4.98 Å². The van der Waals surface area contributed by atoms with Crippen LogP contribution in [0.1, 0.15) is 5.69 Å². The fourth-order valence-electron chi connectivity index (χ4n) is 1.63. The Morgan fingerprint density at radius 2 is 2.05 bits per heavy atom. The van der Waals surface area contributed by atoms with E-state index in [0.717, 1.165) is 12.1 Å². The minimum Gasteiger partial charge on any atom is -0.487 e. The van der Waals surface area contributed by atoms with Crippen LogP contribution in [0.5, 0.6) is 11.6 Å². The minimum absolute atomic E-state index is 0.0265. The SMILES string of the molecule is COc1cccc(COc2cc(F)cc(B(O)O)c2)n1. The lowest BCUT2D eigenvalue weighted by Gasteiger charge is -2.09. The van der Waals surface area contributed by atoms with Crippen molar-refractivity contribution in [2.75, 3.05) is 7.11 Å². The molecule has 20 heavy (non-hydrogen) atoms. The van der Waals surface area contributed by atoms with E-state index in [0.29, 0.717) is 11.6 Å². The lowest BCUT2D eigenvalue weighted by Crippen LogP contribution is -2.30. The summed E-state index contributed by atoms with van der Waals surface area (Å²) in [6, 6.07) is 8.75. The standard InChI is InChI=1S/C13H13BFNO4/c1-19-13-4-2-3-11(16-13)8-20-12-6-9(14(17)18)5-10(15)7-12/h2-7,17-18H,8H2,1H3. The van der Waals surface area contributed by atoms with Gasteiger partial charge in [-0.15, -0.1) is 0 Å². The number of halogens is 1. The predicted molar refractivity (Wildman–Crippen MR) is 71.3 cm³/mol. The highest BCUT2D eigenvalue weighted by atomic mass is 19.1. The van der Waals surface area contributed by atoms with Gasteiger partial charge in [0.2, 0.25) is 5.88 Å². The highest BCUT2D eigenvalue weighted by molar-refractivity contribution is 6.58. The summed E-state index contributed by atoms with van der Waals surface area (Å²) in [7, 11) is -0.239. The Kier molecular flexibility index (Phi) is 4.55. The molecule has 2 aromatic rings. The van der Waals surface area contributed by atoms with E-state index < -0.39 is 12.9 Å². The second kappa shape index (κ2) is 6.36. The summed E-state index contributed by atoms with van der Waals surface area (Å²) in [5, 5.41) is 18.1. The second-order valence-corrected chi connectivity index (χ2v) is 4.05. The fourth-order valence-corrected chi connectivity index (χ4v) is 1.63. The van der Waals surface area contributed by atoms with E-state index in [9.17, 15) is 4.39 Å². The molecular weight excluding hydrogens is 264 g/mol. The quantitative estimate of drug-likeness (QED) is 0.778. The van der Waals surface area contributed by atoms with E-state index in [2.05, 4.69) is 4.98 Å². The summed E-state index contributed by atoms with van der Waals surface area (Å²) < 4.78 is 23.7. The van der Waals surface area contributed by atoms with Crippen LogP contribution in [0.15, 0.2) is 36.4 Å². The van der Waals surface area contributed by atoms with Crippen molar-refractivity contribution in [3.8, 4) is 11.6 Å². The number of methoxy groups -OCH3 is 1. The number of hydrogen-bond acceptors (Lipinski definition) is 5. The molecule has 0 radical (unpaired) electrons. The van der Waals surface area contributed by atoms with Crippen LogP contribution in [-0.2, 0) is 6.61 Å². The van der Waals surface area contributed by atoms with Gasteiger partial charge in [-0.2, -0.15) is 0 Å². The van der Waals surface area contributed by atoms with E-state index in [-0.39, 0.29) is 17.8 Å². The van der Waals surface area contributed by atoms with Crippen molar-refractivity contribution >= 4 is 12.6 Å². The van der Waals surface area contributed by atoms with E-state index in [1.807, 2.05) is 0 Å². The van der Waals surface area contributed by atoms with Crippen LogP contribution in [0.4, 0.5) is 4.39 Å². The van der Waals surface area contributed by atoms with Gasteiger partial charge in [0.15, 0.2) is 0 Å². The molecule has 2 rings (SSSR count). The van der Waals surface area contributed by atoms with Crippen LogP contribution in [-0.4, -0.2) is 29.3 Å². The molecule has 104 valence electrons. The highest BCUT2D eigenvalue weighted by Crippen LogP contribution is 2.14. The third-order valence-corrected chi connectivity index (χ3v) is 2.57. The number of nitrogens with zero attached hydrogens (tertiary/aromatic N) is 1. The lowest BCUT2D eigenvalue weighted by molar-refractivity contribution is 0.296. The van der Waals surface area contributed by atoms with Gasteiger partial charge in [-0.05, 0) is 23.7 Å². The van der Waals surface area contributed by atoms with E-state index in [1.54, 1.807) is 18.2 Å². The lowest BCUT2D eigenvalue weighted by atomic mass is 9.80. The van der Waals surface area contributed by atoms with Gasteiger partial charge in [-0.1, -0.05) is 6.07 Å². The van der Waals surface area contributed by atoms with Crippen LogP contribution in [0.25, 0.3) is 0 Å². The van der Waals surface area contributed by atoms with Crippen LogP contribution < -0.4 is 14.9 Å². The molecule has 1 aromatic heterocycles. The largest absolute Gasteiger partial charge is 0.488 e. The van der Waals surface area contributed by atoms with Crippen LogP contribution >= 0.6 is 0 Å². The molecule has 0 aliphatic carbocycles. The van der Waals surface area contributed by atoms with E-state index >= 15 is 0 Å². The Balaban J connectivity index is 2.10. The van der Waals surface area contributed by atoms with Gasteiger partial charge in [0.05, 0.1) is 12.8 Å². The number of ether oxygens (including phenoxy) is 2.